The zero-order valence-electron chi connectivity index (χ0n) is 13.6. The first-order valence-electron chi connectivity index (χ1n) is 7.52. The molecule has 0 N–H and O–H groups in total. The van der Waals surface area contributed by atoms with Gasteiger partial charge in [-0.05, 0) is 48.4 Å². The molecule has 0 heterocycles. The fraction of sp³-hybridized carbons (Fsp3) is 0.211. The number of esters is 1. The third kappa shape index (κ3) is 5.42. The molecular formula is C19H19BrO4. The van der Waals surface area contributed by atoms with Gasteiger partial charge >= 0.3 is 5.97 Å². The molecule has 2 rings (SSSR count). The summed E-state index contributed by atoms with van der Waals surface area (Å²) in [5.74, 6) is 0.887. The molecule has 0 aliphatic heterocycles. The highest BCUT2D eigenvalue weighted by atomic mass is 79.9. The lowest BCUT2D eigenvalue weighted by atomic mass is 10.2. The third-order valence-corrected chi connectivity index (χ3v) is 3.72. The van der Waals surface area contributed by atoms with Crippen molar-refractivity contribution in [1.29, 1.82) is 0 Å². The first kappa shape index (κ1) is 18.1. The van der Waals surface area contributed by atoms with Crippen LogP contribution in [0.2, 0.25) is 0 Å². The van der Waals surface area contributed by atoms with Crippen LogP contribution >= 0.6 is 15.9 Å². The lowest BCUT2D eigenvalue weighted by Crippen LogP contribution is -1.99. The number of hydrogen-bond donors (Lipinski definition) is 0. The molecule has 0 aliphatic rings. The summed E-state index contributed by atoms with van der Waals surface area (Å²) in [6.07, 6.45) is 3.08. The molecule has 0 fully saturated rings. The smallest absolute Gasteiger partial charge is 0.330 e. The summed E-state index contributed by atoms with van der Waals surface area (Å²) in [5.41, 5.74) is 1.88. The first-order chi connectivity index (χ1) is 11.6. The van der Waals surface area contributed by atoms with Gasteiger partial charge in [0.2, 0.25) is 0 Å². The van der Waals surface area contributed by atoms with Gasteiger partial charge in [-0.3, -0.25) is 0 Å². The molecule has 0 aromatic heterocycles. The van der Waals surface area contributed by atoms with Crippen LogP contribution in [0.3, 0.4) is 0 Å². The Morgan fingerprint density at radius 1 is 1.12 bits per heavy atom. The largest absolute Gasteiger partial charge is 0.493 e. The molecule has 2 aromatic carbocycles. The molecule has 4 nitrogen and oxygen atoms in total. The zero-order valence-corrected chi connectivity index (χ0v) is 15.2. The fourth-order valence-electron chi connectivity index (χ4n) is 2.01. The molecular weight excluding hydrogens is 372 g/mol. The average molecular weight is 391 g/mol. The van der Waals surface area contributed by atoms with Gasteiger partial charge in [0.05, 0.1) is 13.7 Å². The average Bonchev–Trinajstić information content (AvgIpc) is 2.60. The number of ether oxygens (including phenoxy) is 3. The summed E-state index contributed by atoms with van der Waals surface area (Å²) in [7, 11) is 1.59. The van der Waals surface area contributed by atoms with Crippen molar-refractivity contribution < 1.29 is 19.0 Å². The van der Waals surface area contributed by atoms with Gasteiger partial charge in [0.15, 0.2) is 11.5 Å². The van der Waals surface area contributed by atoms with Gasteiger partial charge in [-0.25, -0.2) is 4.79 Å². The number of benzene rings is 2. The molecule has 2 aromatic rings. The molecule has 0 aliphatic carbocycles. The molecule has 126 valence electrons. The van der Waals surface area contributed by atoms with Gasteiger partial charge < -0.3 is 14.2 Å². The van der Waals surface area contributed by atoms with Crippen LogP contribution in [0.1, 0.15) is 18.1 Å². The Bertz CT molecular complexity index is 708. The number of carbonyl (C=O) groups is 1. The number of carbonyl (C=O) groups excluding carboxylic acids is 1. The lowest BCUT2D eigenvalue weighted by Gasteiger charge is -2.11. The van der Waals surface area contributed by atoms with Crippen molar-refractivity contribution in [3.05, 3.63) is 64.1 Å². The van der Waals surface area contributed by atoms with Gasteiger partial charge in [-0.1, -0.05) is 34.1 Å². The summed E-state index contributed by atoms with van der Waals surface area (Å²) in [4.78, 5) is 11.4. The molecule has 0 bridgehead atoms. The summed E-state index contributed by atoms with van der Waals surface area (Å²) < 4.78 is 17.1. The first-order valence-corrected chi connectivity index (χ1v) is 8.31. The monoisotopic (exact) mass is 390 g/mol. The van der Waals surface area contributed by atoms with E-state index >= 15 is 0 Å². The molecule has 24 heavy (non-hydrogen) atoms. The second kappa shape index (κ2) is 9.13. The Hall–Kier alpha value is -2.27. The van der Waals surface area contributed by atoms with Gasteiger partial charge in [0.1, 0.15) is 6.61 Å². The maximum absolute atomic E-state index is 11.4. The van der Waals surface area contributed by atoms with Gasteiger partial charge in [-0.15, -0.1) is 0 Å². The van der Waals surface area contributed by atoms with Gasteiger partial charge in [0, 0.05) is 10.5 Å². The summed E-state index contributed by atoms with van der Waals surface area (Å²) in [6, 6.07) is 13.4. The summed E-state index contributed by atoms with van der Waals surface area (Å²) >= 11 is 3.41. The molecule has 0 unspecified atom stereocenters. The van der Waals surface area contributed by atoms with E-state index in [1.807, 2.05) is 42.5 Å². The van der Waals surface area contributed by atoms with E-state index in [4.69, 9.17) is 14.2 Å². The van der Waals surface area contributed by atoms with Crippen LogP contribution in [-0.4, -0.2) is 19.7 Å². The topological polar surface area (TPSA) is 44.8 Å². The van der Waals surface area contributed by atoms with E-state index in [-0.39, 0.29) is 5.97 Å². The van der Waals surface area contributed by atoms with E-state index in [1.165, 1.54) is 6.08 Å². The highest BCUT2D eigenvalue weighted by Gasteiger charge is 2.06. The zero-order chi connectivity index (χ0) is 17.4. The SMILES string of the molecule is CCOC(=O)/C=C/c1ccc(OC)c(OCc2ccc(Br)cc2)c1. The fourth-order valence-corrected chi connectivity index (χ4v) is 2.27. The standard InChI is InChI=1S/C19H19BrO4/c1-3-23-19(21)11-7-14-6-10-17(22-2)18(12-14)24-13-15-4-8-16(20)9-5-15/h4-12H,3,13H2,1-2H3/b11-7+. The predicted molar refractivity (Wildman–Crippen MR) is 97.1 cm³/mol. The maximum Gasteiger partial charge on any atom is 0.330 e. The van der Waals surface area contributed by atoms with Crippen LogP contribution in [0, 0.1) is 0 Å². The number of halogens is 1. The highest BCUT2D eigenvalue weighted by molar-refractivity contribution is 9.10. The van der Waals surface area contributed by atoms with E-state index in [0.29, 0.717) is 24.7 Å². The van der Waals surface area contributed by atoms with E-state index in [0.717, 1.165) is 15.6 Å². The Kier molecular flexibility index (Phi) is 6.88. The van der Waals surface area contributed by atoms with Crippen LogP contribution in [-0.2, 0) is 16.1 Å². The van der Waals surface area contributed by atoms with Crippen molar-refractivity contribution in [3.8, 4) is 11.5 Å². The molecule has 0 saturated carbocycles. The number of rotatable bonds is 7. The maximum atomic E-state index is 11.4. The minimum absolute atomic E-state index is 0.355. The third-order valence-electron chi connectivity index (χ3n) is 3.19. The van der Waals surface area contributed by atoms with Crippen LogP contribution in [0.5, 0.6) is 11.5 Å². The molecule has 5 heteroatoms. The van der Waals surface area contributed by atoms with Gasteiger partial charge in [-0.2, -0.15) is 0 Å². The molecule has 0 saturated heterocycles. The van der Waals surface area contributed by atoms with Crippen molar-refractivity contribution >= 4 is 28.0 Å². The minimum Gasteiger partial charge on any atom is -0.493 e. The molecule has 0 radical (unpaired) electrons. The van der Waals surface area contributed by atoms with Crippen molar-refractivity contribution in [1.82, 2.24) is 0 Å². The van der Waals surface area contributed by atoms with Crippen LogP contribution in [0.15, 0.2) is 53.0 Å². The number of hydrogen-bond acceptors (Lipinski definition) is 4. The van der Waals surface area contributed by atoms with E-state index in [1.54, 1.807) is 20.1 Å². The van der Waals surface area contributed by atoms with Crippen molar-refractivity contribution in [2.24, 2.45) is 0 Å². The number of methoxy groups -OCH3 is 1. The lowest BCUT2D eigenvalue weighted by molar-refractivity contribution is -0.137. The van der Waals surface area contributed by atoms with Crippen molar-refractivity contribution in [3.63, 3.8) is 0 Å². The van der Waals surface area contributed by atoms with E-state index < -0.39 is 0 Å². The van der Waals surface area contributed by atoms with Crippen LogP contribution in [0.4, 0.5) is 0 Å². The normalized spacial score (nSPS) is 10.6. The molecule has 0 amide bonds. The Morgan fingerprint density at radius 3 is 2.54 bits per heavy atom. The Morgan fingerprint density at radius 2 is 1.88 bits per heavy atom. The van der Waals surface area contributed by atoms with Crippen molar-refractivity contribution in [2.75, 3.05) is 13.7 Å². The quantitative estimate of drug-likeness (QED) is 0.511. The molecule has 0 spiro atoms. The minimum atomic E-state index is -0.370. The Balaban J connectivity index is 2.10. The predicted octanol–water partition coefficient (Wildman–Crippen LogP) is 4.61. The Labute approximate surface area is 150 Å². The summed E-state index contributed by atoms with van der Waals surface area (Å²) in [6.45, 7) is 2.55. The second-order valence-corrected chi connectivity index (χ2v) is 5.83. The van der Waals surface area contributed by atoms with Crippen LogP contribution in [0.25, 0.3) is 6.08 Å². The highest BCUT2D eigenvalue weighted by Crippen LogP contribution is 2.29. The summed E-state index contributed by atoms with van der Waals surface area (Å²) in [5, 5.41) is 0. The van der Waals surface area contributed by atoms with Crippen LogP contribution < -0.4 is 9.47 Å². The van der Waals surface area contributed by atoms with Gasteiger partial charge in [0.25, 0.3) is 0 Å². The van der Waals surface area contributed by atoms with E-state index in [2.05, 4.69) is 15.9 Å². The second-order valence-electron chi connectivity index (χ2n) is 4.91. The van der Waals surface area contributed by atoms with Crippen molar-refractivity contribution in [2.45, 2.75) is 13.5 Å². The molecule has 0 atom stereocenters. The van der Waals surface area contributed by atoms with E-state index in [9.17, 15) is 4.79 Å².